The predicted molar refractivity (Wildman–Crippen MR) is 133 cm³/mol. The van der Waals surface area contributed by atoms with Gasteiger partial charge in [-0.1, -0.05) is 49.8 Å². The molecule has 1 saturated heterocycles. The largest absolute Gasteiger partial charge is 0.335 e. The van der Waals surface area contributed by atoms with E-state index < -0.39 is 0 Å². The molecule has 1 aromatic carbocycles. The highest BCUT2D eigenvalue weighted by Gasteiger charge is 2.33. The van der Waals surface area contributed by atoms with Gasteiger partial charge in [-0.15, -0.1) is 6.58 Å². The number of nitrogens with zero attached hydrogens (tertiary/aromatic N) is 5. The van der Waals surface area contributed by atoms with E-state index in [1.54, 1.807) is 0 Å². The molecule has 1 aromatic heterocycles. The molecule has 0 spiro atoms. The molecule has 4 rings (SSSR count). The van der Waals surface area contributed by atoms with Crippen molar-refractivity contribution in [2.24, 2.45) is 0 Å². The van der Waals surface area contributed by atoms with Gasteiger partial charge in [-0.25, -0.2) is 0 Å². The molecule has 1 atom stereocenters. The maximum atomic E-state index is 13.5. The first-order valence-electron chi connectivity index (χ1n) is 12.6. The van der Waals surface area contributed by atoms with Crippen LogP contribution in [0.4, 0.5) is 0 Å². The molecule has 0 N–H and O–H groups in total. The quantitative estimate of drug-likeness (QED) is 0.549. The van der Waals surface area contributed by atoms with E-state index in [2.05, 4.69) is 60.7 Å². The number of carbonyl (C=O) groups is 1. The van der Waals surface area contributed by atoms with Gasteiger partial charge in [0.25, 0.3) is 5.91 Å². The molecule has 1 fully saturated rings. The van der Waals surface area contributed by atoms with Crippen molar-refractivity contribution in [1.82, 2.24) is 24.5 Å². The number of benzene rings is 1. The van der Waals surface area contributed by atoms with Crippen LogP contribution in [-0.4, -0.2) is 76.2 Å². The molecule has 33 heavy (non-hydrogen) atoms. The van der Waals surface area contributed by atoms with Gasteiger partial charge in [-0.2, -0.15) is 5.10 Å². The molecular formula is C27H39N5O. The number of hydrogen-bond acceptors (Lipinski definition) is 4. The van der Waals surface area contributed by atoms with E-state index in [4.69, 9.17) is 5.10 Å². The maximum absolute atomic E-state index is 13.5. The average molecular weight is 450 g/mol. The number of fused-ring (bicyclic) bond motifs is 1. The van der Waals surface area contributed by atoms with E-state index in [0.717, 1.165) is 58.5 Å². The van der Waals surface area contributed by atoms with Crippen molar-refractivity contribution in [2.75, 3.05) is 39.8 Å². The number of rotatable bonds is 9. The molecule has 6 heteroatoms. The third-order valence-corrected chi connectivity index (χ3v) is 7.16. The molecule has 1 aliphatic heterocycles. The summed E-state index contributed by atoms with van der Waals surface area (Å²) in [5, 5.41) is 4.84. The van der Waals surface area contributed by atoms with Crippen LogP contribution >= 0.6 is 0 Å². The van der Waals surface area contributed by atoms with Crippen LogP contribution in [0.3, 0.4) is 0 Å². The standard InChI is InChI=1S/C27H39N5O/c1-4-6-15-31(21-22-10-8-7-9-11-22)23-12-13-25-24(20-23)26(28-32(25)14-5-2)27(33)30-18-16-29(3)17-19-30/h5,7-11,23H,2,4,6,12-21H2,1,3H3. The zero-order valence-electron chi connectivity index (χ0n) is 20.4. The van der Waals surface area contributed by atoms with E-state index in [0.29, 0.717) is 18.3 Å². The van der Waals surface area contributed by atoms with Gasteiger partial charge in [0, 0.05) is 50.0 Å². The van der Waals surface area contributed by atoms with Crippen LogP contribution in [-0.2, 0) is 25.9 Å². The van der Waals surface area contributed by atoms with Gasteiger partial charge in [0.2, 0.25) is 0 Å². The Kier molecular flexibility index (Phi) is 7.99. The predicted octanol–water partition coefficient (Wildman–Crippen LogP) is 3.62. The summed E-state index contributed by atoms with van der Waals surface area (Å²) in [6, 6.07) is 11.2. The summed E-state index contributed by atoms with van der Waals surface area (Å²) in [7, 11) is 2.12. The topological polar surface area (TPSA) is 44.6 Å². The minimum Gasteiger partial charge on any atom is -0.335 e. The van der Waals surface area contributed by atoms with E-state index in [-0.39, 0.29) is 5.91 Å². The van der Waals surface area contributed by atoms with E-state index in [1.165, 1.54) is 29.7 Å². The molecule has 0 bridgehead atoms. The Hall–Kier alpha value is -2.44. The average Bonchev–Trinajstić information content (AvgIpc) is 3.20. The molecule has 178 valence electrons. The van der Waals surface area contributed by atoms with Crippen LogP contribution in [0.15, 0.2) is 43.0 Å². The summed E-state index contributed by atoms with van der Waals surface area (Å²) in [6.45, 7) is 12.3. The number of carbonyl (C=O) groups excluding carboxylic acids is 1. The Morgan fingerprint density at radius 1 is 1.21 bits per heavy atom. The smallest absolute Gasteiger partial charge is 0.274 e. The molecule has 0 saturated carbocycles. The highest BCUT2D eigenvalue weighted by molar-refractivity contribution is 5.94. The monoisotopic (exact) mass is 449 g/mol. The lowest BCUT2D eigenvalue weighted by Crippen LogP contribution is -2.47. The first-order valence-corrected chi connectivity index (χ1v) is 12.6. The van der Waals surface area contributed by atoms with Crippen LogP contribution < -0.4 is 0 Å². The van der Waals surface area contributed by atoms with Crippen LogP contribution in [0, 0.1) is 0 Å². The number of unbranched alkanes of at least 4 members (excludes halogenated alkanes) is 1. The summed E-state index contributed by atoms with van der Waals surface area (Å²) in [5.74, 6) is 0.103. The zero-order valence-corrected chi connectivity index (χ0v) is 20.4. The Balaban J connectivity index is 1.58. The van der Waals surface area contributed by atoms with Crippen molar-refractivity contribution in [1.29, 1.82) is 0 Å². The van der Waals surface area contributed by atoms with Gasteiger partial charge >= 0.3 is 0 Å². The van der Waals surface area contributed by atoms with Crippen LogP contribution in [0.25, 0.3) is 0 Å². The van der Waals surface area contributed by atoms with Gasteiger partial charge in [-0.05, 0) is 44.8 Å². The first-order chi connectivity index (χ1) is 16.1. The fourth-order valence-corrected chi connectivity index (χ4v) is 5.16. The lowest BCUT2D eigenvalue weighted by atomic mass is 9.89. The molecule has 1 unspecified atom stereocenters. The summed E-state index contributed by atoms with van der Waals surface area (Å²) in [4.78, 5) is 20.4. The summed E-state index contributed by atoms with van der Waals surface area (Å²) in [5.41, 5.74) is 4.44. The van der Waals surface area contributed by atoms with Crippen molar-refractivity contribution in [3.05, 3.63) is 65.5 Å². The van der Waals surface area contributed by atoms with Crippen LogP contribution in [0.2, 0.25) is 0 Å². The van der Waals surface area contributed by atoms with E-state index in [1.807, 2.05) is 15.7 Å². The van der Waals surface area contributed by atoms with Gasteiger partial charge in [0.15, 0.2) is 5.69 Å². The fourth-order valence-electron chi connectivity index (χ4n) is 5.16. The third kappa shape index (κ3) is 5.56. The number of piperazine rings is 1. The Morgan fingerprint density at radius 2 is 1.97 bits per heavy atom. The summed E-state index contributed by atoms with van der Waals surface area (Å²) >= 11 is 0. The molecule has 6 nitrogen and oxygen atoms in total. The number of hydrogen-bond donors (Lipinski definition) is 0. The Bertz CT molecular complexity index is 929. The van der Waals surface area contributed by atoms with Gasteiger partial charge in [-0.3, -0.25) is 14.4 Å². The van der Waals surface area contributed by atoms with Crippen molar-refractivity contribution >= 4 is 5.91 Å². The van der Waals surface area contributed by atoms with Crippen molar-refractivity contribution in [2.45, 2.75) is 58.2 Å². The van der Waals surface area contributed by atoms with Crippen LogP contribution in [0.1, 0.15) is 53.5 Å². The second-order valence-electron chi connectivity index (χ2n) is 9.55. The molecule has 1 aliphatic carbocycles. The zero-order chi connectivity index (χ0) is 23.2. The maximum Gasteiger partial charge on any atom is 0.274 e. The van der Waals surface area contributed by atoms with Gasteiger partial charge < -0.3 is 9.80 Å². The molecule has 1 amide bonds. The van der Waals surface area contributed by atoms with Crippen molar-refractivity contribution in [3.63, 3.8) is 0 Å². The van der Waals surface area contributed by atoms with Gasteiger partial charge in [0.05, 0.1) is 6.54 Å². The number of likely N-dealkylation sites (N-methyl/N-ethyl adjacent to an activating group) is 1. The van der Waals surface area contributed by atoms with Gasteiger partial charge in [0.1, 0.15) is 0 Å². The number of amides is 1. The van der Waals surface area contributed by atoms with Crippen LogP contribution in [0.5, 0.6) is 0 Å². The van der Waals surface area contributed by atoms with E-state index in [9.17, 15) is 4.79 Å². The van der Waals surface area contributed by atoms with E-state index >= 15 is 0 Å². The second kappa shape index (κ2) is 11.1. The minimum absolute atomic E-state index is 0.103. The molecule has 2 heterocycles. The molecular weight excluding hydrogens is 410 g/mol. The van der Waals surface area contributed by atoms with Crippen molar-refractivity contribution in [3.8, 4) is 0 Å². The highest BCUT2D eigenvalue weighted by atomic mass is 16.2. The molecule has 2 aromatic rings. The summed E-state index contributed by atoms with van der Waals surface area (Å²) < 4.78 is 2.02. The normalized spacial score (nSPS) is 19.0. The Labute approximate surface area is 198 Å². The number of allylic oxidation sites excluding steroid dienone is 1. The molecule has 0 radical (unpaired) electrons. The minimum atomic E-state index is 0.103. The molecule has 2 aliphatic rings. The first kappa shape index (κ1) is 23.7. The highest BCUT2D eigenvalue weighted by Crippen LogP contribution is 2.29. The van der Waals surface area contributed by atoms with Crippen molar-refractivity contribution < 1.29 is 4.79 Å². The lowest BCUT2D eigenvalue weighted by molar-refractivity contribution is 0.0655. The third-order valence-electron chi connectivity index (χ3n) is 7.16. The summed E-state index contributed by atoms with van der Waals surface area (Å²) in [6.07, 6.45) is 7.24. The SMILES string of the molecule is C=CCn1nc(C(=O)N2CCN(C)CC2)c2c1CCC(N(CCCC)Cc1ccccc1)C2. The number of aromatic nitrogens is 2. The fraction of sp³-hybridized carbons (Fsp3) is 0.556. The lowest BCUT2D eigenvalue weighted by Gasteiger charge is -2.35. The Morgan fingerprint density at radius 3 is 2.67 bits per heavy atom. The second-order valence-corrected chi connectivity index (χ2v) is 9.55.